The number of aromatic nitrogens is 2. The third kappa shape index (κ3) is 3.80. The van der Waals surface area contributed by atoms with Crippen molar-refractivity contribution in [3.05, 3.63) is 36.0 Å². The fourth-order valence-corrected chi connectivity index (χ4v) is 1.65. The zero-order valence-electron chi connectivity index (χ0n) is 11.2. The Morgan fingerprint density at radius 1 is 1.38 bits per heavy atom. The summed E-state index contributed by atoms with van der Waals surface area (Å²) < 4.78 is 0. The van der Waals surface area contributed by atoms with Crippen LogP contribution in [0.4, 0.5) is 17.5 Å². The van der Waals surface area contributed by atoms with Crippen LogP contribution in [0, 0.1) is 0 Å². The second-order valence-corrected chi connectivity index (χ2v) is 4.21. The van der Waals surface area contributed by atoms with E-state index in [1.807, 2.05) is 0 Å². The number of phenolic OH excluding ortho intramolecular Hbond substituents is 1. The third-order valence-corrected chi connectivity index (χ3v) is 2.59. The van der Waals surface area contributed by atoms with Gasteiger partial charge < -0.3 is 27.2 Å². The molecule has 0 saturated heterocycles. The number of aromatic hydroxyl groups is 1. The van der Waals surface area contributed by atoms with E-state index >= 15 is 0 Å². The summed E-state index contributed by atoms with van der Waals surface area (Å²) in [5.41, 5.74) is 11.4. The van der Waals surface area contributed by atoms with Crippen molar-refractivity contribution in [2.24, 2.45) is 11.5 Å². The molecule has 8 heteroatoms. The van der Waals surface area contributed by atoms with Crippen LogP contribution in [0.1, 0.15) is 10.4 Å². The number of benzene rings is 1. The molecule has 0 bridgehead atoms. The maximum atomic E-state index is 11.4. The van der Waals surface area contributed by atoms with Gasteiger partial charge in [0.15, 0.2) is 0 Å². The molecule has 110 valence electrons. The minimum Gasteiger partial charge on any atom is -0.508 e. The van der Waals surface area contributed by atoms with Crippen LogP contribution >= 0.6 is 0 Å². The first-order chi connectivity index (χ1) is 10.1. The molecule has 21 heavy (non-hydrogen) atoms. The lowest BCUT2D eigenvalue weighted by molar-refractivity contribution is 0.100. The summed E-state index contributed by atoms with van der Waals surface area (Å²) in [7, 11) is 0. The van der Waals surface area contributed by atoms with Crippen LogP contribution in [-0.4, -0.2) is 34.1 Å². The van der Waals surface area contributed by atoms with E-state index in [1.54, 1.807) is 12.1 Å². The number of amides is 1. The number of hydrogen-bond acceptors (Lipinski definition) is 7. The third-order valence-electron chi connectivity index (χ3n) is 2.59. The van der Waals surface area contributed by atoms with Crippen molar-refractivity contribution >= 4 is 23.4 Å². The second kappa shape index (κ2) is 6.53. The topological polar surface area (TPSA) is 139 Å². The van der Waals surface area contributed by atoms with Crippen LogP contribution < -0.4 is 22.1 Å². The lowest BCUT2D eigenvalue weighted by Crippen LogP contribution is -2.18. The van der Waals surface area contributed by atoms with Gasteiger partial charge in [-0.15, -0.1) is 0 Å². The Morgan fingerprint density at radius 2 is 2.19 bits per heavy atom. The van der Waals surface area contributed by atoms with E-state index in [1.165, 1.54) is 18.3 Å². The molecule has 0 spiro atoms. The predicted octanol–water partition coefficient (Wildman–Crippen LogP) is 0.395. The smallest absolute Gasteiger partial charge is 0.254 e. The van der Waals surface area contributed by atoms with Gasteiger partial charge in [-0.1, -0.05) is 6.07 Å². The summed E-state index contributed by atoms with van der Waals surface area (Å²) in [6.07, 6.45) is 1.33. The molecule has 0 unspecified atom stereocenters. The lowest BCUT2D eigenvalue weighted by Gasteiger charge is -2.11. The molecular formula is C13H16N6O2. The highest BCUT2D eigenvalue weighted by molar-refractivity contribution is 5.98. The lowest BCUT2D eigenvalue weighted by atomic mass is 10.2. The summed E-state index contributed by atoms with van der Waals surface area (Å²) in [4.78, 5) is 19.6. The Bertz CT molecular complexity index is 646. The first-order valence-corrected chi connectivity index (χ1v) is 6.27. The Hall–Kier alpha value is -2.87. The van der Waals surface area contributed by atoms with Gasteiger partial charge in [-0.25, -0.2) is 4.98 Å². The second-order valence-electron chi connectivity index (χ2n) is 4.21. The van der Waals surface area contributed by atoms with Gasteiger partial charge >= 0.3 is 0 Å². The Kier molecular flexibility index (Phi) is 4.52. The molecule has 2 aromatic rings. The molecule has 0 aliphatic carbocycles. The molecule has 1 aromatic heterocycles. The van der Waals surface area contributed by atoms with Gasteiger partial charge in [0, 0.05) is 31.0 Å². The normalized spacial score (nSPS) is 10.1. The number of phenols is 1. The minimum absolute atomic E-state index is 0.0937. The van der Waals surface area contributed by atoms with Crippen LogP contribution in [0.15, 0.2) is 30.5 Å². The van der Waals surface area contributed by atoms with Gasteiger partial charge in [0.1, 0.15) is 17.1 Å². The predicted molar refractivity (Wildman–Crippen MR) is 79.5 cm³/mol. The van der Waals surface area contributed by atoms with E-state index in [-0.39, 0.29) is 17.1 Å². The molecule has 7 N–H and O–H groups in total. The molecule has 0 saturated carbocycles. The van der Waals surface area contributed by atoms with Crippen molar-refractivity contribution in [3.8, 4) is 5.75 Å². The van der Waals surface area contributed by atoms with E-state index in [0.717, 1.165) is 0 Å². The maximum absolute atomic E-state index is 11.4. The molecule has 0 radical (unpaired) electrons. The van der Waals surface area contributed by atoms with Crippen LogP contribution in [-0.2, 0) is 0 Å². The van der Waals surface area contributed by atoms with Crippen molar-refractivity contribution in [3.63, 3.8) is 0 Å². The number of nitrogens with zero attached hydrogens (tertiary/aromatic N) is 2. The number of primary amides is 1. The van der Waals surface area contributed by atoms with E-state index in [4.69, 9.17) is 11.5 Å². The Morgan fingerprint density at radius 3 is 2.86 bits per heavy atom. The first kappa shape index (κ1) is 14.5. The molecule has 1 amide bonds. The quantitative estimate of drug-likeness (QED) is 0.518. The fourth-order valence-electron chi connectivity index (χ4n) is 1.65. The highest BCUT2D eigenvalue weighted by Gasteiger charge is 2.12. The van der Waals surface area contributed by atoms with Gasteiger partial charge in [0.05, 0.1) is 0 Å². The van der Waals surface area contributed by atoms with Crippen LogP contribution in [0.5, 0.6) is 5.75 Å². The molecule has 0 atom stereocenters. The van der Waals surface area contributed by atoms with E-state index in [9.17, 15) is 9.90 Å². The molecular weight excluding hydrogens is 272 g/mol. The largest absolute Gasteiger partial charge is 0.508 e. The van der Waals surface area contributed by atoms with Gasteiger partial charge in [0.25, 0.3) is 5.91 Å². The van der Waals surface area contributed by atoms with Gasteiger partial charge in [-0.2, -0.15) is 4.98 Å². The number of hydrogen-bond donors (Lipinski definition) is 5. The number of nitrogens with two attached hydrogens (primary N) is 2. The van der Waals surface area contributed by atoms with Crippen LogP contribution in [0.2, 0.25) is 0 Å². The SMILES string of the molecule is NCCNc1ncc(C(N)=O)c(Nc2cccc(O)c2)n1. The van der Waals surface area contributed by atoms with Gasteiger partial charge in [-0.3, -0.25) is 4.79 Å². The Balaban J connectivity index is 2.31. The summed E-state index contributed by atoms with van der Waals surface area (Å²) >= 11 is 0. The molecule has 2 rings (SSSR count). The standard InChI is InChI=1S/C13H16N6O2/c14-4-5-16-13-17-7-10(11(15)21)12(19-13)18-8-2-1-3-9(20)6-8/h1-3,6-7,20H,4-5,14H2,(H2,15,21)(H2,16,17,18,19). The zero-order valence-corrected chi connectivity index (χ0v) is 11.2. The number of nitrogens with one attached hydrogen (secondary N) is 2. The zero-order chi connectivity index (χ0) is 15.2. The number of rotatable bonds is 6. The summed E-state index contributed by atoms with van der Waals surface area (Å²) in [6, 6.07) is 6.42. The Labute approximate surface area is 121 Å². The fraction of sp³-hybridized carbons (Fsp3) is 0.154. The molecule has 0 aliphatic rings. The highest BCUT2D eigenvalue weighted by Crippen LogP contribution is 2.22. The van der Waals surface area contributed by atoms with E-state index in [2.05, 4.69) is 20.6 Å². The summed E-state index contributed by atoms with van der Waals surface area (Å²) in [5, 5.41) is 15.3. The van der Waals surface area contributed by atoms with E-state index in [0.29, 0.717) is 24.7 Å². The monoisotopic (exact) mass is 288 g/mol. The van der Waals surface area contributed by atoms with Crippen molar-refractivity contribution in [1.82, 2.24) is 9.97 Å². The van der Waals surface area contributed by atoms with Gasteiger partial charge in [-0.05, 0) is 12.1 Å². The molecule has 0 aliphatic heterocycles. The molecule has 8 nitrogen and oxygen atoms in total. The van der Waals surface area contributed by atoms with Gasteiger partial charge in [0.2, 0.25) is 5.95 Å². The average molecular weight is 288 g/mol. The van der Waals surface area contributed by atoms with Crippen LogP contribution in [0.25, 0.3) is 0 Å². The van der Waals surface area contributed by atoms with Crippen molar-refractivity contribution in [1.29, 1.82) is 0 Å². The van der Waals surface area contributed by atoms with Crippen molar-refractivity contribution < 1.29 is 9.90 Å². The number of carbonyl (C=O) groups is 1. The van der Waals surface area contributed by atoms with E-state index < -0.39 is 5.91 Å². The first-order valence-electron chi connectivity index (χ1n) is 6.27. The average Bonchev–Trinajstić information content (AvgIpc) is 2.45. The molecule has 0 fully saturated rings. The summed E-state index contributed by atoms with van der Waals surface area (Å²) in [6.45, 7) is 0.928. The number of anilines is 3. The van der Waals surface area contributed by atoms with Crippen LogP contribution in [0.3, 0.4) is 0 Å². The maximum Gasteiger partial charge on any atom is 0.254 e. The number of carbonyl (C=O) groups excluding carboxylic acids is 1. The highest BCUT2D eigenvalue weighted by atomic mass is 16.3. The van der Waals surface area contributed by atoms with Crippen molar-refractivity contribution in [2.75, 3.05) is 23.7 Å². The minimum atomic E-state index is -0.650. The molecule has 1 aromatic carbocycles. The molecule has 1 heterocycles. The summed E-state index contributed by atoms with van der Waals surface area (Å²) in [5.74, 6) is 0.0231. The van der Waals surface area contributed by atoms with Crippen molar-refractivity contribution in [2.45, 2.75) is 0 Å².